The van der Waals surface area contributed by atoms with Gasteiger partial charge < -0.3 is 10.2 Å². The van der Waals surface area contributed by atoms with Crippen LogP contribution in [-0.2, 0) is 38.8 Å². The highest BCUT2D eigenvalue weighted by atomic mass is 35.5. The van der Waals surface area contributed by atoms with Gasteiger partial charge in [0, 0.05) is 19.0 Å². The molecule has 2 atom stereocenters. The van der Waals surface area contributed by atoms with E-state index in [-0.39, 0.29) is 23.9 Å². The third kappa shape index (κ3) is 9.64. The molecule has 0 aliphatic rings. The largest absolute Gasteiger partial charge is 0.417 e. The number of carbonyl (C=O) groups excluding carboxylic acids is 2. The number of rotatable bonds is 13. The number of benzene rings is 4. The Morgan fingerprint density at radius 2 is 1.51 bits per heavy atom. The van der Waals surface area contributed by atoms with Crippen molar-refractivity contribution in [2.45, 2.75) is 70.2 Å². The summed E-state index contributed by atoms with van der Waals surface area (Å²) in [5, 5.41) is 2.33. The lowest BCUT2D eigenvalue weighted by molar-refractivity contribution is -0.140. The molecule has 2 amide bonds. The van der Waals surface area contributed by atoms with E-state index in [1.54, 1.807) is 43.3 Å². The molecule has 0 heterocycles. The molecule has 7 nitrogen and oxygen atoms in total. The molecule has 0 radical (unpaired) electrons. The number of halogens is 4. The van der Waals surface area contributed by atoms with Gasteiger partial charge in [0.2, 0.25) is 11.8 Å². The van der Waals surface area contributed by atoms with Crippen molar-refractivity contribution >= 4 is 39.1 Å². The number of aryl methyl sites for hydroxylation is 2. The molecule has 0 unspecified atom stereocenters. The minimum Gasteiger partial charge on any atom is -0.352 e. The second-order valence-corrected chi connectivity index (χ2v) is 14.3. The third-order valence-electron chi connectivity index (χ3n) is 8.14. The van der Waals surface area contributed by atoms with Gasteiger partial charge in [0.1, 0.15) is 12.6 Å². The van der Waals surface area contributed by atoms with Crippen molar-refractivity contribution in [1.29, 1.82) is 0 Å². The first-order chi connectivity index (χ1) is 23.1. The van der Waals surface area contributed by atoms with Crippen LogP contribution in [0, 0.1) is 13.8 Å². The van der Waals surface area contributed by atoms with Gasteiger partial charge in [0.05, 0.1) is 21.2 Å². The molecule has 4 aromatic carbocycles. The van der Waals surface area contributed by atoms with Crippen LogP contribution in [0.25, 0.3) is 0 Å². The average Bonchev–Trinajstić information content (AvgIpc) is 3.05. The molecule has 0 bridgehead atoms. The SMILES string of the molecule is CC[C@@H](C)NC(=O)[C@@H](Cc1ccccc1)N(Cc1cccc(C)c1)C(=O)CN(c1ccc(Cl)c(C(F)(F)F)c1)S(=O)(=O)c1ccc(C)cc1. The lowest BCUT2D eigenvalue weighted by atomic mass is 10.0. The van der Waals surface area contributed by atoms with Crippen LogP contribution in [0.2, 0.25) is 5.02 Å². The first-order valence-corrected chi connectivity index (χ1v) is 17.6. The highest BCUT2D eigenvalue weighted by Crippen LogP contribution is 2.38. The number of sulfonamides is 1. The molecular formula is C37H39ClF3N3O4S. The molecule has 0 aliphatic carbocycles. The minimum absolute atomic E-state index is 0.0707. The van der Waals surface area contributed by atoms with Crippen LogP contribution in [0.3, 0.4) is 0 Å². The number of hydrogen-bond acceptors (Lipinski definition) is 4. The normalized spacial score (nSPS) is 13.0. The third-order valence-corrected chi connectivity index (χ3v) is 10.3. The Kier molecular flexibility index (Phi) is 12.2. The second-order valence-electron chi connectivity index (χ2n) is 12.0. The molecule has 4 rings (SSSR count). The fraction of sp³-hybridized carbons (Fsp3) is 0.297. The number of hydrogen-bond donors (Lipinski definition) is 1. The zero-order valence-electron chi connectivity index (χ0n) is 27.7. The first kappa shape index (κ1) is 37.5. The van der Waals surface area contributed by atoms with Gasteiger partial charge in [-0.25, -0.2) is 8.42 Å². The summed E-state index contributed by atoms with van der Waals surface area (Å²) in [6.07, 6.45) is -4.18. The molecule has 0 saturated carbocycles. The van der Waals surface area contributed by atoms with Crippen molar-refractivity contribution in [3.63, 3.8) is 0 Å². The highest BCUT2D eigenvalue weighted by molar-refractivity contribution is 7.92. The van der Waals surface area contributed by atoms with E-state index in [9.17, 15) is 31.2 Å². The van der Waals surface area contributed by atoms with E-state index in [2.05, 4.69) is 5.32 Å². The van der Waals surface area contributed by atoms with Gasteiger partial charge >= 0.3 is 6.18 Å². The minimum atomic E-state index is -4.90. The van der Waals surface area contributed by atoms with Crippen molar-refractivity contribution in [1.82, 2.24) is 10.2 Å². The van der Waals surface area contributed by atoms with E-state index < -0.39 is 56.9 Å². The van der Waals surface area contributed by atoms with Gasteiger partial charge in [-0.3, -0.25) is 13.9 Å². The molecule has 0 aliphatic heterocycles. The Bertz CT molecular complexity index is 1870. The van der Waals surface area contributed by atoms with Gasteiger partial charge in [-0.2, -0.15) is 13.2 Å². The number of amides is 2. The maximum absolute atomic E-state index is 14.6. The standard InChI is InChI=1S/C37H39ClF3N3O4S/c1-5-27(4)42-36(46)34(21-28-11-7-6-8-12-28)43(23-29-13-9-10-26(3)20-29)35(45)24-44(49(47,48)31-17-14-25(2)15-18-31)30-16-19-33(38)32(22-30)37(39,40)41/h6-20,22,27,34H,5,21,23-24H2,1-4H3,(H,42,46)/t27-,34-/m1/s1. The second kappa shape index (κ2) is 15.9. The molecule has 1 N–H and O–H groups in total. The van der Waals surface area contributed by atoms with Crippen LogP contribution < -0.4 is 9.62 Å². The van der Waals surface area contributed by atoms with E-state index in [0.29, 0.717) is 22.4 Å². The van der Waals surface area contributed by atoms with Gasteiger partial charge in [-0.05, 0) is 68.7 Å². The maximum atomic E-state index is 14.6. The number of nitrogens with zero attached hydrogens (tertiary/aromatic N) is 2. The van der Waals surface area contributed by atoms with Crippen molar-refractivity contribution in [3.05, 3.63) is 130 Å². The van der Waals surface area contributed by atoms with Gasteiger partial charge in [-0.1, -0.05) is 96.4 Å². The molecule has 0 fully saturated rings. The van der Waals surface area contributed by atoms with Crippen LogP contribution in [-0.4, -0.2) is 43.8 Å². The van der Waals surface area contributed by atoms with E-state index in [4.69, 9.17) is 11.6 Å². The van der Waals surface area contributed by atoms with Crippen LogP contribution in [0.4, 0.5) is 18.9 Å². The number of nitrogens with one attached hydrogen (secondary N) is 1. The van der Waals surface area contributed by atoms with E-state index in [0.717, 1.165) is 28.8 Å². The monoisotopic (exact) mass is 713 g/mol. The number of anilines is 1. The summed E-state index contributed by atoms with van der Waals surface area (Å²) in [6.45, 7) is 6.40. The van der Waals surface area contributed by atoms with Gasteiger partial charge in [0.15, 0.2) is 0 Å². The Hall–Kier alpha value is -4.35. The lowest BCUT2D eigenvalue weighted by Crippen LogP contribution is -2.54. The highest BCUT2D eigenvalue weighted by Gasteiger charge is 2.38. The van der Waals surface area contributed by atoms with Crippen molar-refractivity contribution in [3.8, 4) is 0 Å². The molecule has 4 aromatic rings. The fourth-order valence-electron chi connectivity index (χ4n) is 5.25. The zero-order chi connectivity index (χ0) is 35.9. The van der Waals surface area contributed by atoms with Crippen LogP contribution in [0.1, 0.15) is 48.1 Å². The summed E-state index contributed by atoms with van der Waals surface area (Å²) in [5.74, 6) is -1.24. The Morgan fingerprint density at radius 1 is 0.857 bits per heavy atom. The van der Waals surface area contributed by atoms with Crippen molar-refractivity contribution in [2.24, 2.45) is 0 Å². The summed E-state index contributed by atoms with van der Waals surface area (Å²) in [7, 11) is -4.61. The summed E-state index contributed by atoms with van der Waals surface area (Å²) >= 11 is 5.89. The smallest absolute Gasteiger partial charge is 0.352 e. The molecule has 12 heteroatoms. The average molecular weight is 714 g/mol. The molecule has 0 spiro atoms. The molecular weight excluding hydrogens is 675 g/mol. The number of carbonyl (C=O) groups is 2. The predicted molar refractivity (Wildman–Crippen MR) is 186 cm³/mol. The zero-order valence-corrected chi connectivity index (χ0v) is 29.2. The Morgan fingerprint density at radius 3 is 2.12 bits per heavy atom. The first-order valence-electron chi connectivity index (χ1n) is 15.8. The summed E-state index contributed by atoms with van der Waals surface area (Å²) in [6, 6.07) is 23.5. The molecule has 0 aromatic heterocycles. The van der Waals surface area contributed by atoms with Crippen molar-refractivity contribution in [2.75, 3.05) is 10.8 Å². The molecule has 49 heavy (non-hydrogen) atoms. The predicted octanol–water partition coefficient (Wildman–Crippen LogP) is 7.73. The van der Waals surface area contributed by atoms with Crippen LogP contribution in [0.15, 0.2) is 102 Å². The maximum Gasteiger partial charge on any atom is 0.417 e. The lowest BCUT2D eigenvalue weighted by Gasteiger charge is -2.34. The molecule has 260 valence electrons. The van der Waals surface area contributed by atoms with E-state index in [1.807, 2.05) is 51.1 Å². The van der Waals surface area contributed by atoms with Crippen LogP contribution >= 0.6 is 11.6 Å². The quantitative estimate of drug-likeness (QED) is 0.154. The fourth-order valence-corrected chi connectivity index (χ4v) is 6.88. The van der Waals surface area contributed by atoms with Crippen LogP contribution in [0.5, 0.6) is 0 Å². The summed E-state index contributed by atoms with van der Waals surface area (Å²) < 4.78 is 71.0. The van der Waals surface area contributed by atoms with Crippen molar-refractivity contribution < 1.29 is 31.2 Å². The van der Waals surface area contributed by atoms with E-state index >= 15 is 0 Å². The number of alkyl halides is 3. The summed E-state index contributed by atoms with van der Waals surface area (Å²) in [5.41, 5.74) is 1.43. The summed E-state index contributed by atoms with van der Waals surface area (Å²) in [4.78, 5) is 29.6. The van der Waals surface area contributed by atoms with E-state index in [1.165, 1.54) is 17.0 Å². The van der Waals surface area contributed by atoms with Gasteiger partial charge in [0.25, 0.3) is 10.0 Å². The van der Waals surface area contributed by atoms with Gasteiger partial charge in [-0.15, -0.1) is 0 Å². The molecule has 0 saturated heterocycles. The topological polar surface area (TPSA) is 86.8 Å². The Balaban J connectivity index is 1.87. The Labute approximate surface area is 290 Å².